The van der Waals surface area contributed by atoms with Gasteiger partial charge in [-0.15, -0.1) is 0 Å². The van der Waals surface area contributed by atoms with Crippen molar-refractivity contribution in [2.24, 2.45) is 5.92 Å². The first-order valence-electron chi connectivity index (χ1n) is 12.2. The van der Waals surface area contributed by atoms with Gasteiger partial charge in [-0.25, -0.2) is 9.37 Å². The van der Waals surface area contributed by atoms with E-state index in [4.69, 9.17) is 9.47 Å². The molecule has 200 valence electrons. The van der Waals surface area contributed by atoms with E-state index >= 15 is 0 Å². The first-order chi connectivity index (χ1) is 17.6. The molecule has 2 bridgehead atoms. The number of ether oxygens (including phenoxy) is 2. The van der Waals surface area contributed by atoms with Gasteiger partial charge in [-0.2, -0.15) is 18.3 Å². The van der Waals surface area contributed by atoms with Crippen LogP contribution in [-0.4, -0.2) is 76.0 Å². The van der Waals surface area contributed by atoms with E-state index in [9.17, 15) is 27.2 Å². The van der Waals surface area contributed by atoms with Crippen LogP contribution >= 0.6 is 0 Å². The van der Waals surface area contributed by atoms with Gasteiger partial charge in [0.25, 0.3) is 5.91 Å². The summed E-state index contributed by atoms with van der Waals surface area (Å²) >= 11 is 0. The quantitative estimate of drug-likeness (QED) is 0.581. The van der Waals surface area contributed by atoms with Crippen LogP contribution in [0.2, 0.25) is 0 Å². The number of amides is 2. The summed E-state index contributed by atoms with van der Waals surface area (Å²) in [7, 11) is 1.41. The molecule has 5 rings (SSSR count). The minimum absolute atomic E-state index is 0.142. The standard InChI is InChI=1S/C24H27F4N5O4/c1-36-21-8-16(17(25)10-29-21)18-9-19(32-31-18)23(35)33-14-3-4-15(33)7-12(6-14)22(34)30-13-2-5-20(37-11-13)24(26,27)28/h8-10,12-15,20H,2-7,11H2,1H3,(H,30,34)(H,31,32)/t12-,13-,14-,15+,20+/m1/s1. The second kappa shape index (κ2) is 9.92. The molecule has 3 saturated heterocycles. The molecule has 2 aromatic rings. The van der Waals surface area contributed by atoms with Crippen LogP contribution in [0.1, 0.15) is 49.0 Å². The molecule has 3 fully saturated rings. The summed E-state index contributed by atoms with van der Waals surface area (Å²) in [6.45, 7) is -0.175. The molecule has 3 aliphatic rings. The van der Waals surface area contributed by atoms with E-state index in [2.05, 4.69) is 20.5 Å². The predicted octanol–water partition coefficient (Wildman–Crippen LogP) is 3.23. The Balaban J connectivity index is 1.20. The van der Waals surface area contributed by atoms with E-state index in [0.29, 0.717) is 18.5 Å². The number of pyridine rings is 1. The Morgan fingerprint density at radius 3 is 2.51 bits per heavy atom. The lowest BCUT2D eigenvalue weighted by Gasteiger charge is -2.39. The summed E-state index contributed by atoms with van der Waals surface area (Å²) in [5.41, 5.74) is 0.624. The van der Waals surface area contributed by atoms with Crippen LogP contribution in [0.15, 0.2) is 18.3 Å². The first-order valence-corrected chi connectivity index (χ1v) is 12.2. The fourth-order valence-corrected chi connectivity index (χ4v) is 5.60. The fraction of sp³-hybridized carbons (Fsp3) is 0.583. The molecule has 0 radical (unpaired) electrons. The molecular formula is C24H27F4N5O4. The Hall–Kier alpha value is -3.22. The van der Waals surface area contributed by atoms with Gasteiger partial charge in [0.05, 0.1) is 31.6 Å². The number of fused-ring (bicyclic) bond motifs is 2. The molecule has 0 aliphatic carbocycles. The molecule has 3 aliphatic heterocycles. The molecule has 37 heavy (non-hydrogen) atoms. The number of nitrogens with one attached hydrogen (secondary N) is 2. The van der Waals surface area contributed by atoms with Gasteiger partial charge in [0.2, 0.25) is 11.8 Å². The van der Waals surface area contributed by atoms with Crippen LogP contribution in [0, 0.1) is 11.7 Å². The van der Waals surface area contributed by atoms with Gasteiger partial charge in [-0.05, 0) is 44.6 Å². The van der Waals surface area contributed by atoms with Crippen LogP contribution < -0.4 is 10.1 Å². The number of carbonyl (C=O) groups excluding carboxylic acids is 2. The van der Waals surface area contributed by atoms with Crippen LogP contribution in [0.4, 0.5) is 17.6 Å². The molecular weight excluding hydrogens is 498 g/mol. The predicted molar refractivity (Wildman–Crippen MR) is 121 cm³/mol. The fourth-order valence-electron chi connectivity index (χ4n) is 5.60. The zero-order chi connectivity index (χ0) is 26.3. The van der Waals surface area contributed by atoms with Crippen molar-refractivity contribution in [3.8, 4) is 17.1 Å². The Kier molecular flexibility index (Phi) is 6.82. The van der Waals surface area contributed by atoms with Crippen molar-refractivity contribution < 1.29 is 36.6 Å². The number of hydrogen-bond acceptors (Lipinski definition) is 6. The van der Waals surface area contributed by atoms with Crippen molar-refractivity contribution in [3.05, 3.63) is 29.8 Å². The van der Waals surface area contributed by atoms with Gasteiger partial charge in [0, 0.05) is 29.6 Å². The third-order valence-electron chi connectivity index (χ3n) is 7.45. The van der Waals surface area contributed by atoms with Crippen molar-refractivity contribution in [1.29, 1.82) is 0 Å². The van der Waals surface area contributed by atoms with Crippen LogP contribution in [0.5, 0.6) is 5.88 Å². The number of carbonyl (C=O) groups is 2. The van der Waals surface area contributed by atoms with E-state index in [0.717, 1.165) is 19.0 Å². The number of H-pyrrole nitrogens is 1. The summed E-state index contributed by atoms with van der Waals surface area (Å²) in [4.78, 5) is 31.8. The van der Waals surface area contributed by atoms with Gasteiger partial charge in [0.15, 0.2) is 17.6 Å². The molecule has 5 heterocycles. The van der Waals surface area contributed by atoms with Crippen LogP contribution in [0.3, 0.4) is 0 Å². The number of aromatic nitrogens is 3. The lowest BCUT2D eigenvalue weighted by molar-refractivity contribution is -0.232. The van der Waals surface area contributed by atoms with E-state index in [1.165, 1.54) is 19.2 Å². The molecule has 0 unspecified atom stereocenters. The largest absolute Gasteiger partial charge is 0.481 e. The molecule has 2 aromatic heterocycles. The van der Waals surface area contributed by atoms with Crippen molar-refractivity contribution >= 4 is 11.8 Å². The number of aromatic amines is 1. The minimum Gasteiger partial charge on any atom is -0.481 e. The lowest BCUT2D eigenvalue weighted by Crippen LogP contribution is -2.52. The van der Waals surface area contributed by atoms with Gasteiger partial charge in [0.1, 0.15) is 0 Å². The number of piperidine rings is 1. The number of hydrogen-bond donors (Lipinski definition) is 2. The first kappa shape index (κ1) is 25.4. The number of alkyl halides is 3. The molecule has 0 spiro atoms. The lowest BCUT2D eigenvalue weighted by atomic mass is 9.89. The zero-order valence-electron chi connectivity index (χ0n) is 20.1. The summed E-state index contributed by atoms with van der Waals surface area (Å²) in [5.74, 6) is -1.22. The van der Waals surface area contributed by atoms with Crippen LogP contribution in [-0.2, 0) is 9.53 Å². The maximum Gasteiger partial charge on any atom is 0.414 e. The highest BCUT2D eigenvalue weighted by Gasteiger charge is 2.47. The average Bonchev–Trinajstić information content (AvgIpc) is 3.46. The molecule has 0 aromatic carbocycles. The summed E-state index contributed by atoms with van der Waals surface area (Å²) < 4.78 is 62.6. The topological polar surface area (TPSA) is 109 Å². The highest BCUT2D eigenvalue weighted by atomic mass is 19.4. The van der Waals surface area contributed by atoms with Crippen molar-refractivity contribution in [2.75, 3.05) is 13.7 Å². The maximum atomic E-state index is 14.3. The number of halogens is 4. The van der Waals surface area contributed by atoms with Gasteiger partial charge in [-0.3, -0.25) is 14.7 Å². The van der Waals surface area contributed by atoms with Gasteiger partial charge >= 0.3 is 6.18 Å². The summed E-state index contributed by atoms with van der Waals surface area (Å²) in [5, 5.41) is 9.64. The summed E-state index contributed by atoms with van der Waals surface area (Å²) in [6, 6.07) is 2.12. The number of methoxy groups -OCH3 is 1. The van der Waals surface area contributed by atoms with E-state index < -0.39 is 24.1 Å². The molecule has 2 amide bonds. The molecule has 5 atom stereocenters. The monoisotopic (exact) mass is 525 g/mol. The summed E-state index contributed by atoms with van der Waals surface area (Å²) in [6.07, 6.45) is -2.74. The number of rotatable bonds is 5. The second-order valence-corrected chi connectivity index (χ2v) is 9.79. The molecule has 13 heteroatoms. The Morgan fingerprint density at radius 2 is 1.89 bits per heavy atom. The third kappa shape index (κ3) is 5.13. The molecule has 0 saturated carbocycles. The number of nitrogens with zero attached hydrogens (tertiary/aromatic N) is 3. The van der Waals surface area contributed by atoms with E-state index in [1.54, 1.807) is 4.90 Å². The smallest absolute Gasteiger partial charge is 0.414 e. The molecule has 2 N–H and O–H groups in total. The normalized spacial score (nSPS) is 27.7. The average molecular weight is 526 g/mol. The second-order valence-electron chi connectivity index (χ2n) is 9.79. The minimum atomic E-state index is -4.40. The van der Waals surface area contributed by atoms with Crippen LogP contribution in [0.25, 0.3) is 11.3 Å². The van der Waals surface area contributed by atoms with E-state index in [-0.39, 0.29) is 66.4 Å². The molecule has 9 nitrogen and oxygen atoms in total. The van der Waals surface area contributed by atoms with Crippen molar-refractivity contribution in [3.63, 3.8) is 0 Å². The Bertz CT molecular complexity index is 1150. The van der Waals surface area contributed by atoms with Gasteiger partial charge in [-0.1, -0.05) is 0 Å². The Morgan fingerprint density at radius 1 is 1.16 bits per heavy atom. The van der Waals surface area contributed by atoms with Gasteiger partial charge < -0.3 is 19.7 Å². The van der Waals surface area contributed by atoms with E-state index in [1.807, 2.05) is 0 Å². The zero-order valence-corrected chi connectivity index (χ0v) is 20.1. The third-order valence-corrected chi connectivity index (χ3v) is 7.45. The Labute approximate surface area is 209 Å². The highest BCUT2D eigenvalue weighted by molar-refractivity contribution is 5.94. The maximum absolute atomic E-state index is 14.3. The highest BCUT2D eigenvalue weighted by Crippen LogP contribution is 2.40. The van der Waals surface area contributed by atoms with Crippen molar-refractivity contribution in [2.45, 2.75) is 68.9 Å². The van der Waals surface area contributed by atoms with Crippen molar-refractivity contribution in [1.82, 2.24) is 25.4 Å². The SMILES string of the molecule is COc1cc(-c2cc(C(=O)N3[C@@H]4CC[C@H]3C[C@H](C(=O)N[C@@H]3CC[C@@H](C(F)(F)F)OC3)C4)n[nH]2)c(F)cn1.